The van der Waals surface area contributed by atoms with Gasteiger partial charge in [0.1, 0.15) is 0 Å². The summed E-state index contributed by atoms with van der Waals surface area (Å²) in [5.74, 6) is 0.154. The molecule has 1 heterocycles. The maximum absolute atomic E-state index is 11.8. The zero-order chi connectivity index (χ0) is 13.3. The Morgan fingerprint density at radius 3 is 2.47 bits per heavy atom. The molecule has 5 nitrogen and oxygen atoms in total. The van der Waals surface area contributed by atoms with Crippen LogP contribution in [-0.4, -0.2) is 55.0 Å². The molecule has 6 heteroatoms. The third-order valence-corrected chi connectivity index (χ3v) is 4.68. The molecule has 0 aliphatic carbocycles. The first-order valence-corrected chi connectivity index (χ1v) is 7.58. The number of hydrogen-bond acceptors (Lipinski definition) is 4. The predicted octanol–water partition coefficient (Wildman–Crippen LogP) is 0.0405. The SMILES string of the molecule is CN(CC(C)(C)O)C(=O)CC1CCS(=O)(=O)C1. The summed E-state index contributed by atoms with van der Waals surface area (Å²) in [7, 11) is -1.29. The van der Waals surface area contributed by atoms with Gasteiger partial charge in [-0.1, -0.05) is 0 Å². The minimum atomic E-state index is -2.92. The van der Waals surface area contributed by atoms with E-state index in [-0.39, 0.29) is 36.3 Å². The first-order chi connectivity index (χ1) is 7.59. The van der Waals surface area contributed by atoms with Crippen LogP contribution in [-0.2, 0) is 14.6 Å². The second-order valence-electron chi connectivity index (χ2n) is 5.54. The van der Waals surface area contributed by atoms with Crippen molar-refractivity contribution in [1.29, 1.82) is 0 Å². The summed E-state index contributed by atoms with van der Waals surface area (Å²) in [5.41, 5.74) is -0.924. The van der Waals surface area contributed by atoms with Crippen LogP contribution in [0.4, 0.5) is 0 Å². The molecule has 0 aromatic carbocycles. The Labute approximate surface area is 103 Å². The van der Waals surface area contributed by atoms with Crippen molar-refractivity contribution >= 4 is 15.7 Å². The molecule has 1 saturated heterocycles. The number of rotatable bonds is 4. The fraction of sp³-hybridized carbons (Fsp3) is 0.909. The molecule has 0 saturated carbocycles. The van der Waals surface area contributed by atoms with Crippen molar-refractivity contribution in [3.8, 4) is 0 Å². The number of aliphatic hydroxyl groups is 1. The third kappa shape index (κ3) is 5.04. The molecule has 1 fully saturated rings. The maximum atomic E-state index is 11.8. The van der Waals surface area contributed by atoms with Gasteiger partial charge in [-0.05, 0) is 26.2 Å². The van der Waals surface area contributed by atoms with Crippen molar-refractivity contribution in [1.82, 2.24) is 4.90 Å². The lowest BCUT2D eigenvalue weighted by molar-refractivity contribution is -0.133. The molecule has 0 spiro atoms. The van der Waals surface area contributed by atoms with E-state index in [9.17, 15) is 18.3 Å². The quantitative estimate of drug-likeness (QED) is 0.777. The number of carbonyl (C=O) groups excluding carboxylic acids is 1. The molecule has 0 aromatic heterocycles. The van der Waals surface area contributed by atoms with E-state index in [2.05, 4.69) is 0 Å². The van der Waals surface area contributed by atoms with Gasteiger partial charge < -0.3 is 10.0 Å². The Bertz CT molecular complexity index is 383. The molecule has 1 aliphatic heterocycles. The van der Waals surface area contributed by atoms with Crippen LogP contribution in [0, 0.1) is 5.92 Å². The van der Waals surface area contributed by atoms with Crippen LogP contribution in [0.25, 0.3) is 0 Å². The number of hydrogen-bond donors (Lipinski definition) is 1. The van der Waals surface area contributed by atoms with E-state index in [4.69, 9.17) is 0 Å². The maximum Gasteiger partial charge on any atom is 0.222 e. The summed E-state index contributed by atoms with van der Waals surface area (Å²) in [4.78, 5) is 13.3. The summed E-state index contributed by atoms with van der Waals surface area (Å²) < 4.78 is 22.5. The van der Waals surface area contributed by atoms with Gasteiger partial charge >= 0.3 is 0 Å². The van der Waals surface area contributed by atoms with Crippen LogP contribution >= 0.6 is 0 Å². The minimum Gasteiger partial charge on any atom is -0.389 e. The predicted molar refractivity (Wildman–Crippen MR) is 65.3 cm³/mol. The first kappa shape index (κ1) is 14.4. The van der Waals surface area contributed by atoms with Crippen LogP contribution < -0.4 is 0 Å². The van der Waals surface area contributed by atoms with E-state index in [1.807, 2.05) is 0 Å². The summed E-state index contributed by atoms with van der Waals surface area (Å²) in [5, 5.41) is 9.59. The molecule has 17 heavy (non-hydrogen) atoms. The van der Waals surface area contributed by atoms with Gasteiger partial charge in [0, 0.05) is 20.0 Å². The van der Waals surface area contributed by atoms with Gasteiger partial charge in [0.25, 0.3) is 0 Å². The molecule has 1 aliphatic rings. The number of nitrogens with zero attached hydrogens (tertiary/aromatic N) is 1. The Hall–Kier alpha value is -0.620. The molecule has 100 valence electrons. The summed E-state index contributed by atoms with van der Waals surface area (Å²) in [6.07, 6.45) is 0.830. The average molecular weight is 263 g/mol. The fourth-order valence-electron chi connectivity index (χ4n) is 2.10. The third-order valence-electron chi connectivity index (χ3n) is 2.84. The molecule has 0 aromatic rings. The lowest BCUT2D eigenvalue weighted by Gasteiger charge is -2.26. The van der Waals surface area contributed by atoms with E-state index in [0.29, 0.717) is 6.42 Å². The van der Waals surface area contributed by atoms with Gasteiger partial charge in [0.2, 0.25) is 5.91 Å². The smallest absolute Gasteiger partial charge is 0.222 e. The highest BCUT2D eigenvalue weighted by atomic mass is 32.2. The van der Waals surface area contributed by atoms with E-state index in [1.54, 1.807) is 20.9 Å². The van der Waals surface area contributed by atoms with Crippen molar-refractivity contribution in [3.05, 3.63) is 0 Å². The molecular formula is C11H21NO4S. The van der Waals surface area contributed by atoms with Crippen LogP contribution in [0.5, 0.6) is 0 Å². The topological polar surface area (TPSA) is 74.7 Å². The molecule has 1 amide bonds. The molecule has 0 bridgehead atoms. The highest BCUT2D eigenvalue weighted by Gasteiger charge is 2.30. The highest BCUT2D eigenvalue weighted by molar-refractivity contribution is 7.91. The van der Waals surface area contributed by atoms with Crippen LogP contribution in [0.3, 0.4) is 0 Å². The zero-order valence-corrected chi connectivity index (χ0v) is 11.5. The summed E-state index contributed by atoms with van der Waals surface area (Å²) in [6, 6.07) is 0. The van der Waals surface area contributed by atoms with Crippen LogP contribution in [0.1, 0.15) is 26.7 Å². The number of likely N-dealkylation sites (N-methyl/N-ethyl adjacent to an activating group) is 1. The lowest BCUT2D eigenvalue weighted by Crippen LogP contribution is -2.40. The minimum absolute atomic E-state index is 0.0586. The fourth-order valence-corrected chi connectivity index (χ4v) is 3.97. The van der Waals surface area contributed by atoms with Crippen molar-refractivity contribution in [2.45, 2.75) is 32.3 Å². The van der Waals surface area contributed by atoms with E-state index < -0.39 is 15.4 Å². The second-order valence-corrected chi connectivity index (χ2v) is 7.76. The van der Waals surface area contributed by atoms with Crippen molar-refractivity contribution < 1.29 is 18.3 Å². The number of sulfone groups is 1. The Balaban J connectivity index is 2.45. The highest BCUT2D eigenvalue weighted by Crippen LogP contribution is 2.22. The van der Waals surface area contributed by atoms with Crippen molar-refractivity contribution in [2.75, 3.05) is 25.1 Å². The van der Waals surface area contributed by atoms with Gasteiger partial charge in [-0.3, -0.25) is 4.79 Å². The normalized spacial score (nSPS) is 23.6. The van der Waals surface area contributed by atoms with Gasteiger partial charge in [-0.15, -0.1) is 0 Å². The Kier molecular flexibility index (Phi) is 4.19. The van der Waals surface area contributed by atoms with Crippen molar-refractivity contribution in [2.24, 2.45) is 5.92 Å². The van der Waals surface area contributed by atoms with Crippen molar-refractivity contribution in [3.63, 3.8) is 0 Å². The van der Waals surface area contributed by atoms with E-state index >= 15 is 0 Å². The summed E-state index contributed by atoms with van der Waals surface area (Å²) >= 11 is 0. The van der Waals surface area contributed by atoms with Gasteiger partial charge in [0.15, 0.2) is 9.84 Å². The van der Waals surface area contributed by atoms with Crippen LogP contribution in [0.2, 0.25) is 0 Å². The standard InChI is InChI=1S/C11H21NO4S/c1-11(2,14)8-12(3)10(13)6-9-4-5-17(15,16)7-9/h9,14H,4-8H2,1-3H3. The molecule has 1 rings (SSSR count). The van der Waals surface area contributed by atoms with Crippen LogP contribution in [0.15, 0.2) is 0 Å². The Morgan fingerprint density at radius 1 is 1.47 bits per heavy atom. The zero-order valence-electron chi connectivity index (χ0n) is 10.6. The molecule has 0 radical (unpaired) electrons. The largest absolute Gasteiger partial charge is 0.389 e. The molecular weight excluding hydrogens is 242 g/mol. The van der Waals surface area contributed by atoms with Gasteiger partial charge in [-0.25, -0.2) is 8.42 Å². The van der Waals surface area contributed by atoms with Gasteiger partial charge in [-0.2, -0.15) is 0 Å². The first-order valence-electron chi connectivity index (χ1n) is 5.76. The summed E-state index contributed by atoms with van der Waals surface area (Å²) in [6.45, 7) is 3.53. The van der Waals surface area contributed by atoms with E-state index in [1.165, 1.54) is 4.90 Å². The lowest BCUT2D eigenvalue weighted by atomic mass is 10.0. The molecule has 1 unspecified atom stereocenters. The number of amides is 1. The monoisotopic (exact) mass is 263 g/mol. The van der Waals surface area contributed by atoms with Gasteiger partial charge in [0.05, 0.1) is 17.1 Å². The second kappa shape index (κ2) is 4.94. The van der Waals surface area contributed by atoms with E-state index in [0.717, 1.165) is 0 Å². The average Bonchev–Trinajstić information content (AvgIpc) is 2.42. The Morgan fingerprint density at radius 2 is 2.06 bits per heavy atom. The number of carbonyl (C=O) groups is 1. The molecule has 1 atom stereocenters. The molecule has 1 N–H and O–H groups in total.